The van der Waals surface area contributed by atoms with Gasteiger partial charge in [0.05, 0.1) is 18.8 Å². The molecule has 0 unspecified atom stereocenters. The average molecular weight is 275 g/mol. The van der Waals surface area contributed by atoms with Crippen molar-refractivity contribution in [2.24, 2.45) is 5.92 Å². The molecule has 2 rings (SSSR count). The molecule has 108 valence electrons. The Labute approximate surface area is 119 Å². The van der Waals surface area contributed by atoms with Crippen LogP contribution in [0.25, 0.3) is 5.69 Å². The third kappa shape index (κ3) is 3.61. The van der Waals surface area contributed by atoms with Crippen molar-refractivity contribution in [1.82, 2.24) is 25.5 Å². The number of tetrazole rings is 1. The van der Waals surface area contributed by atoms with Crippen molar-refractivity contribution >= 4 is 0 Å². The summed E-state index contributed by atoms with van der Waals surface area (Å²) in [5.74, 6) is 1.40. The molecule has 0 saturated heterocycles. The zero-order valence-electron chi connectivity index (χ0n) is 12.2. The zero-order chi connectivity index (χ0) is 14.4. The Bertz CT molecular complexity index is 538. The van der Waals surface area contributed by atoms with Crippen LogP contribution in [0.4, 0.5) is 0 Å². The van der Waals surface area contributed by atoms with E-state index in [1.807, 2.05) is 24.3 Å². The molecule has 6 nitrogen and oxygen atoms in total. The smallest absolute Gasteiger partial charge is 0.170 e. The van der Waals surface area contributed by atoms with Crippen molar-refractivity contribution < 1.29 is 4.74 Å². The van der Waals surface area contributed by atoms with E-state index in [0.29, 0.717) is 19.1 Å². The second-order valence-corrected chi connectivity index (χ2v) is 5.09. The fraction of sp³-hybridized carbons (Fsp3) is 0.500. The van der Waals surface area contributed by atoms with Crippen molar-refractivity contribution in [1.29, 1.82) is 0 Å². The van der Waals surface area contributed by atoms with Gasteiger partial charge in [-0.3, -0.25) is 0 Å². The molecule has 1 N–H and O–H groups in total. The lowest BCUT2D eigenvalue weighted by Gasteiger charge is -2.11. The van der Waals surface area contributed by atoms with Gasteiger partial charge in [-0.05, 0) is 29.0 Å². The van der Waals surface area contributed by atoms with Gasteiger partial charge in [0, 0.05) is 12.7 Å². The van der Waals surface area contributed by atoms with E-state index in [1.54, 1.807) is 11.8 Å². The summed E-state index contributed by atoms with van der Waals surface area (Å²) < 4.78 is 6.99. The maximum absolute atomic E-state index is 5.22. The van der Waals surface area contributed by atoms with Gasteiger partial charge in [0.25, 0.3) is 0 Å². The van der Waals surface area contributed by atoms with Crippen LogP contribution in [0.1, 0.15) is 25.2 Å². The van der Waals surface area contributed by atoms with Crippen LogP contribution in [0.2, 0.25) is 0 Å². The number of hydrogen-bond donors (Lipinski definition) is 1. The number of benzene rings is 1. The number of aromatic nitrogens is 4. The number of nitrogens with zero attached hydrogens (tertiary/aromatic N) is 4. The molecule has 0 aliphatic carbocycles. The average Bonchev–Trinajstić information content (AvgIpc) is 2.88. The summed E-state index contributed by atoms with van der Waals surface area (Å²) >= 11 is 0. The van der Waals surface area contributed by atoms with Gasteiger partial charge in [-0.1, -0.05) is 32.0 Å². The lowest BCUT2D eigenvalue weighted by atomic mass is 10.2. The first-order valence-corrected chi connectivity index (χ1v) is 6.77. The van der Waals surface area contributed by atoms with Gasteiger partial charge < -0.3 is 10.1 Å². The Hall–Kier alpha value is -1.79. The summed E-state index contributed by atoms with van der Waals surface area (Å²) in [5.41, 5.74) is 2.02. The van der Waals surface area contributed by atoms with Crippen LogP contribution in [0.5, 0.6) is 0 Å². The standard InChI is InChI=1S/C14H21N5O/c1-11(2)8-15-9-14-16-17-18-19(14)13-7-5-4-6-12(13)10-20-3/h4-7,11,15H,8-10H2,1-3H3. The molecule has 0 fully saturated rings. The van der Waals surface area contributed by atoms with Gasteiger partial charge in [-0.2, -0.15) is 4.68 Å². The summed E-state index contributed by atoms with van der Waals surface area (Å²) in [5, 5.41) is 15.3. The number of hydrogen-bond acceptors (Lipinski definition) is 5. The highest BCUT2D eigenvalue weighted by molar-refractivity contribution is 5.40. The Kier molecular flexibility index (Phi) is 5.20. The van der Waals surface area contributed by atoms with Gasteiger partial charge >= 0.3 is 0 Å². The Morgan fingerprint density at radius 2 is 2.10 bits per heavy atom. The van der Waals surface area contributed by atoms with Gasteiger partial charge in [-0.15, -0.1) is 5.10 Å². The topological polar surface area (TPSA) is 64.9 Å². The molecule has 20 heavy (non-hydrogen) atoms. The summed E-state index contributed by atoms with van der Waals surface area (Å²) in [6, 6.07) is 7.98. The summed E-state index contributed by atoms with van der Waals surface area (Å²) in [7, 11) is 1.68. The highest BCUT2D eigenvalue weighted by atomic mass is 16.5. The van der Waals surface area contributed by atoms with Crippen LogP contribution < -0.4 is 5.32 Å². The summed E-state index contributed by atoms with van der Waals surface area (Å²) in [6.07, 6.45) is 0. The Morgan fingerprint density at radius 3 is 2.85 bits per heavy atom. The van der Waals surface area contributed by atoms with E-state index in [0.717, 1.165) is 23.6 Å². The van der Waals surface area contributed by atoms with E-state index in [-0.39, 0.29) is 0 Å². The quantitative estimate of drug-likeness (QED) is 0.830. The molecule has 0 atom stereocenters. The summed E-state index contributed by atoms with van der Waals surface area (Å²) in [6.45, 7) is 6.46. The maximum Gasteiger partial charge on any atom is 0.170 e. The van der Waals surface area contributed by atoms with Gasteiger partial charge in [0.2, 0.25) is 0 Å². The molecule has 2 aromatic rings. The molecular weight excluding hydrogens is 254 g/mol. The molecule has 0 spiro atoms. The first-order valence-electron chi connectivity index (χ1n) is 6.77. The minimum atomic E-state index is 0.537. The first kappa shape index (κ1) is 14.6. The van der Waals surface area contributed by atoms with Crippen LogP contribution in [0.15, 0.2) is 24.3 Å². The van der Waals surface area contributed by atoms with Crippen LogP contribution in [-0.4, -0.2) is 33.9 Å². The number of methoxy groups -OCH3 is 1. The van der Waals surface area contributed by atoms with Crippen LogP contribution >= 0.6 is 0 Å². The third-order valence-corrected chi connectivity index (χ3v) is 2.89. The SMILES string of the molecule is COCc1ccccc1-n1nnnc1CNCC(C)C. The van der Waals surface area contributed by atoms with Crippen LogP contribution in [0.3, 0.4) is 0 Å². The lowest BCUT2D eigenvalue weighted by Crippen LogP contribution is -2.21. The highest BCUT2D eigenvalue weighted by Crippen LogP contribution is 2.15. The predicted octanol–water partition coefficient (Wildman–Crippen LogP) is 1.55. The third-order valence-electron chi connectivity index (χ3n) is 2.89. The van der Waals surface area contributed by atoms with Crippen molar-refractivity contribution in [3.05, 3.63) is 35.7 Å². The minimum absolute atomic E-state index is 0.537. The van der Waals surface area contributed by atoms with Gasteiger partial charge in [0.15, 0.2) is 5.82 Å². The van der Waals surface area contributed by atoms with Crippen molar-refractivity contribution in [2.75, 3.05) is 13.7 Å². The molecule has 0 aliphatic heterocycles. The number of rotatable bonds is 7. The minimum Gasteiger partial charge on any atom is -0.380 e. The van der Waals surface area contributed by atoms with E-state index < -0.39 is 0 Å². The van der Waals surface area contributed by atoms with Crippen LogP contribution in [-0.2, 0) is 17.9 Å². The molecule has 0 saturated carbocycles. The molecule has 6 heteroatoms. The van der Waals surface area contributed by atoms with E-state index >= 15 is 0 Å². The summed E-state index contributed by atoms with van der Waals surface area (Å²) in [4.78, 5) is 0. The fourth-order valence-electron chi connectivity index (χ4n) is 1.97. The molecule has 1 aromatic carbocycles. The fourth-order valence-corrected chi connectivity index (χ4v) is 1.97. The normalized spacial score (nSPS) is 11.2. The van der Waals surface area contributed by atoms with E-state index in [2.05, 4.69) is 34.7 Å². The first-order chi connectivity index (χ1) is 9.72. The largest absolute Gasteiger partial charge is 0.380 e. The van der Waals surface area contributed by atoms with Gasteiger partial charge in [-0.25, -0.2) is 0 Å². The highest BCUT2D eigenvalue weighted by Gasteiger charge is 2.11. The zero-order valence-corrected chi connectivity index (χ0v) is 12.2. The molecule has 0 radical (unpaired) electrons. The van der Waals surface area contributed by atoms with E-state index in [1.165, 1.54) is 0 Å². The van der Waals surface area contributed by atoms with Crippen molar-refractivity contribution in [3.8, 4) is 5.69 Å². The van der Waals surface area contributed by atoms with E-state index in [4.69, 9.17) is 4.74 Å². The number of nitrogens with one attached hydrogen (secondary N) is 1. The van der Waals surface area contributed by atoms with E-state index in [9.17, 15) is 0 Å². The predicted molar refractivity (Wildman–Crippen MR) is 76.4 cm³/mol. The van der Waals surface area contributed by atoms with Crippen LogP contribution in [0, 0.1) is 5.92 Å². The second kappa shape index (κ2) is 7.12. The Balaban J connectivity index is 2.19. The second-order valence-electron chi connectivity index (χ2n) is 5.09. The number of para-hydroxylation sites is 1. The molecule has 0 aliphatic rings. The molecule has 1 aromatic heterocycles. The van der Waals surface area contributed by atoms with Crippen molar-refractivity contribution in [3.63, 3.8) is 0 Å². The maximum atomic E-state index is 5.22. The molecular formula is C14H21N5O. The number of ether oxygens (including phenoxy) is 1. The molecule has 0 bridgehead atoms. The Morgan fingerprint density at radius 1 is 1.30 bits per heavy atom. The van der Waals surface area contributed by atoms with Crippen molar-refractivity contribution in [2.45, 2.75) is 27.0 Å². The molecule has 0 amide bonds. The molecule has 1 heterocycles. The monoisotopic (exact) mass is 275 g/mol. The lowest BCUT2D eigenvalue weighted by molar-refractivity contribution is 0.184. The van der Waals surface area contributed by atoms with Gasteiger partial charge in [0.1, 0.15) is 0 Å².